The molecule has 0 spiro atoms. The molecule has 2 rings (SSSR count). The number of carbonyl (C=O) groups is 4. The van der Waals surface area contributed by atoms with Crippen LogP contribution in [0.25, 0.3) is 0 Å². The van der Waals surface area contributed by atoms with Crippen molar-refractivity contribution in [2.45, 2.75) is 98.3 Å². The van der Waals surface area contributed by atoms with Crippen LogP contribution in [0.1, 0.15) is 85.6 Å². The van der Waals surface area contributed by atoms with Crippen LogP contribution in [0.3, 0.4) is 0 Å². The van der Waals surface area contributed by atoms with Crippen LogP contribution in [0.4, 0.5) is 9.59 Å². The second-order valence-electron chi connectivity index (χ2n) is 11.4. The molecule has 1 aliphatic carbocycles. The number of hydrogen-bond acceptors (Lipinski definition) is 10. The van der Waals surface area contributed by atoms with Crippen LogP contribution in [-0.4, -0.2) is 54.3 Å². The van der Waals surface area contributed by atoms with Crippen LogP contribution < -0.4 is 14.8 Å². The molecule has 0 aliphatic heterocycles. The fourth-order valence-electron chi connectivity index (χ4n) is 4.21. The summed E-state index contributed by atoms with van der Waals surface area (Å²) in [6, 6.07) is 3.91. The Hall–Kier alpha value is -3.34. The van der Waals surface area contributed by atoms with Gasteiger partial charge in [-0.25, -0.2) is 14.4 Å². The normalized spacial score (nSPS) is 16.0. The molecule has 41 heavy (non-hydrogen) atoms. The SMILES string of the molecule is CCC(C)N[C@@](Cc1ccc(OC(=O)OCC(C)C)c(OC(=O)OCC(C)C)c1)(OC(=O)C1CCCCC1)C(=O)O. The second kappa shape index (κ2) is 16.2. The van der Waals surface area contributed by atoms with Gasteiger partial charge in [0, 0.05) is 12.5 Å². The summed E-state index contributed by atoms with van der Waals surface area (Å²) in [5, 5.41) is 13.3. The first-order valence-corrected chi connectivity index (χ1v) is 14.4. The highest BCUT2D eigenvalue weighted by Crippen LogP contribution is 2.33. The zero-order valence-corrected chi connectivity index (χ0v) is 25.0. The van der Waals surface area contributed by atoms with E-state index in [0.717, 1.165) is 19.3 Å². The van der Waals surface area contributed by atoms with Crippen LogP contribution >= 0.6 is 0 Å². The lowest BCUT2D eigenvalue weighted by molar-refractivity contribution is -0.188. The number of carboxylic acids is 1. The fraction of sp³-hybridized carbons (Fsp3) is 0.667. The topological polar surface area (TPSA) is 147 Å². The highest BCUT2D eigenvalue weighted by atomic mass is 16.7. The van der Waals surface area contributed by atoms with Crippen LogP contribution in [0, 0.1) is 17.8 Å². The van der Waals surface area contributed by atoms with Gasteiger partial charge < -0.3 is 28.8 Å². The molecule has 0 aromatic heterocycles. The monoisotopic (exact) mass is 579 g/mol. The van der Waals surface area contributed by atoms with Crippen molar-refractivity contribution in [1.29, 1.82) is 0 Å². The van der Waals surface area contributed by atoms with E-state index >= 15 is 0 Å². The van der Waals surface area contributed by atoms with Gasteiger partial charge in [-0.15, -0.1) is 0 Å². The van der Waals surface area contributed by atoms with E-state index in [-0.39, 0.29) is 54.9 Å². The predicted molar refractivity (Wildman–Crippen MR) is 150 cm³/mol. The number of ether oxygens (including phenoxy) is 5. The van der Waals surface area contributed by atoms with Gasteiger partial charge in [0.15, 0.2) is 11.5 Å². The zero-order chi connectivity index (χ0) is 30.6. The van der Waals surface area contributed by atoms with E-state index < -0.39 is 30.0 Å². The number of nitrogens with one attached hydrogen (secondary N) is 1. The average molecular weight is 580 g/mol. The lowest BCUT2D eigenvalue weighted by atomic mass is 9.89. The molecule has 1 unspecified atom stereocenters. The third kappa shape index (κ3) is 11.2. The molecule has 1 aliphatic rings. The predicted octanol–water partition coefficient (Wildman–Crippen LogP) is 5.86. The van der Waals surface area contributed by atoms with Crippen LogP contribution in [0.15, 0.2) is 18.2 Å². The number of benzene rings is 1. The summed E-state index contributed by atoms with van der Waals surface area (Å²) in [5.74, 6) is -2.48. The van der Waals surface area contributed by atoms with E-state index in [1.807, 2.05) is 34.6 Å². The maximum Gasteiger partial charge on any atom is 0.513 e. The van der Waals surface area contributed by atoms with Crippen LogP contribution in [0.5, 0.6) is 11.5 Å². The van der Waals surface area contributed by atoms with Gasteiger partial charge in [-0.3, -0.25) is 10.1 Å². The van der Waals surface area contributed by atoms with Gasteiger partial charge in [0.05, 0.1) is 19.1 Å². The van der Waals surface area contributed by atoms with E-state index in [4.69, 9.17) is 23.7 Å². The summed E-state index contributed by atoms with van der Waals surface area (Å²) in [6.07, 6.45) is 2.36. The molecule has 0 heterocycles. The molecule has 11 nitrogen and oxygen atoms in total. The summed E-state index contributed by atoms with van der Waals surface area (Å²) >= 11 is 0. The van der Waals surface area contributed by atoms with Crippen molar-refractivity contribution in [3.05, 3.63) is 23.8 Å². The van der Waals surface area contributed by atoms with Crippen LogP contribution in [0.2, 0.25) is 0 Å². The minimum Gasteiger partial charge on any atom is -0.477 e. The van der Waals surface area contributed by atoms with Gasteiger partial charge in [0.1, 0.15) is 0 Å². The lowest BCUT2D eigenvalue weighted by Gasteiger charge is -2.35. The van der Waals surface area contributed by atoms with Gasteiger partial charge in [0.2, 0.25) is 0 Å². The molecule has 1 aromatic carbocycles. The first kappa shape index (κ1) is 33.9. The molecule has 1 fully saturated rings. The third-order valence-corrected chi connectivity index (χ3v) is 6.57. The maximum absolute atomic E-state index is 13.1. The van der Waals surface area contributed by atoms with Gasteiger partial charge >= 0.3 is 24.2 Å². The first-order chi connectivity index (χ1) is 19.3. The number of esters is 1. The van der Waals surface area contributed by atoms with Crippen molar-refractivity contribution < 1.29 is 48.0 Å². The fourth-order valence-corrected chi connectivity index (χ4v) is 4.21. The first-order valence-electron chi connectivity index (χ1n) is 14.4. The molecule has 1 aromatic rings. The Morgan fingerprint density at radius 3 is 1.98 bits per heavy atom. The molecule has 0 amide bonds. The van der Waals surface area contributed by atoms with Crippen molar-refractivity contribution in [2.24, 2.45) is 17.8 Å². The Labute approximate surface area is 242 Å². The van der Waals surface area contributed by atoms with Crippen molar-refractivity contribution >= 4 is 24.2 Å². The van der Waals surface area contributed by atoms with E-state index in [1.54, 1.807) is 6.92 Å². The van der Waals surface area contributed by atoms with E-state index in [9.17, 15) is 24.3 Å². The van der Waals surface area contributed by atoms with E-state index in [2.05, 4.69) is 5.32 Å². The summed E-state index contributed by atoms with van der Waals surface area (Å²) in [5.41, 5.74) is -1.74. The molecule has 0 radical (unpaired) electrons. The van der Waals surface area contributed by atoms with Gasteiger partial charge in [-0.2, -0.15) is 0 Å². The molecular formula is C30H45NO10. The molecule has 11 heteroatoms. The minimum atomic E-state index is -2.09. The van der Waals surface area contributed by atoms with Crippen molar-refractivity contribution in [3.63, 3.8) is 0 Å². The van der Waals surface area contributed by atoms with E-state index in [1.165, 1.54) is 18.2 Å². The molecule has 1 saturated carbocycles. The van der Waals surface area contributed by atoms with Crippen molar-refractivity contribution in [1.82, 2.24) is 5.32 Å². The molecular weight excluding hydrogens is 534 g/mol. The smallest absolute Gasteiger partial charge is 0.477 e. The standard InChI is InChI=1S/C30H45NO10/c1-7-21(6)31-30(27(33)34,41-26(32)23-11-9-8-10-12-23)16-22-13-14-24(39-28(35)37-17-19(2)3)25(15-22)40-29(36)38-18-20(4)5/h13-15,19-21,23,31H,7-12,16-18H2,1-6H3,(H,33,34)/t21?,30-/m0/s1. The Morgan fingerprint density at radius 1 is 0.902 bits per heavy atom. The maximum atomic E-state index is 13.1. The molecule has 0 bridgehead atoms. The number of carboxylic acid groups (broad SMARTS) is 1. The molecule has 230 valence electrons. The summed E-state index contributed by atoms with van der Waals surface area (Å²) < 4.78 is 26.6. The highest BCUT2D eigenvalue weighted by Gasteiger charge is 2.45. The molecule has 2 atom stereocenters. The number of rotatable bonds is 14. The Bertz CT molecular complexity index is 1030. The Kier molecular flexibility index (Phi) is 13.4. The second-order valence-corrected chi connectivity index (χ2v) is 11.4. The Balaban J connectivity index is 2.41. The summed E-state index contributed by atoms with van der Waals surface area (Å²) in [4.78, 5) is 50.5. The minimum absolute atomic E-state index is 0.0530. The third-order valence-electron chi connectivity index (χ3n) is 6.57. The number of aliphatic carboxylic acids is 1. The van der Waals surface area contributed by atoms with Gasteiger partial charge in [-0.1, -0.05) is 59.9 Å². The zero-order valence-electron chi connectivity index (χ0n) is 25.0. The Morgan fingerprint density at radius 2 is 1.46 bits per heavy atom. The van der Waals surface area contributed by atoms with Gasteiger partial charge in [0.25, 0.3) is 5.72 Å². The van der Waals surface area contributed by atoms with Gasteiger partial charge in [-0.05, 0) is 55.7 Å². The summed E-state index contributed by atoms with van der Waals surface area (Å²) in [7, 11) is 0. The van der Waals surface area contributed by atoms with Crippen LogP contribution in [-0.2, 0) is 30.2 Å². The van der Waals surface area contributed by atoms with E-state index in [0.29, 0.717) is 24.8 Å². The molecule has 0 saturated heterocycles. The van der Waals surface area contributed by atoms with Crippen molar-refractivity contribution in [3.8, 4) is 11.5 Å². The largest absolute Gasteiger partial charge is 0.513 e. The number of carbonyl (C=O) groups excluding carboxylic acids is 3. The summed E-state index contributed by atoms with van der Waals surface area (Å²) in [6.45, 7) is 11.4. The van der Waals surface area contributed by atoms with Crippen molar-refractivity contribution in [2.75, 3.05) is 13.2 Å². The number of hydrogen-bond donors (Lipinski definition) is 2. The average Bonchev–Trinajstić information content (AvgIpc) is 2.92. The lowest BCUT2D eigenvalue weighted by Crippen LogP contribution is -2.60. The quantitative estimate of drug-likeness (QED) is 0.118. The highest BCUT2D eigenvalue weighted by molar-refractivity contribution is 5.83. The molecule has 2 N–H and O–H groups in total.